The van der Waals surface area contributed by atoms with Crippen molar-refractivity contribution in [3.05, 3.63) is 91.0 Å². The SMILES string of the molecule is C=C(NC(=O)N1CCN(c2ccc(-c3cnc(C)o3)cc2)CC1C(=O)OC)c1cccc2ccccc12. The van der Waals surface area contributed by atoms with E-state index in [1.54, 1.807) is 13.1 Å². The smallest absolute Gasteiger partial charge is 0.330 e. The Labute approximate surface area is 215 Å². The van der Waals surface area contributed by atoms with Gasteiger partial charge in [-0.25, -0.2) is 14.6 Å². The summed E-state index contributed by atoms with van der Waals surface area (Å²) in [6.07, 6.45) is 1.70. The van der Waals surface area contributed by atoms with Gasteiger partial charge in [0.2, 0.25) is 0 Å². The maximum atomic E-state index is 13.3. The number of hydrogen-bond donors (Lipinski definition) is 1. The van der Waals surface area contributed by atoms with Crippen molar-refractivity contribution in [1.82, 2.24) is 15.2 Å². The molecule has 37 heavy (non-hydrogen) atoms. The van der Waals surface area contributed by atoms with Gasteiger partial charge in [-0.1, -0.05) is 49.0 Å². The van der Waals surface area contributed by atoms with Crippen LogP contribution in [0.5, 0.6) is 0 Å². The fourth-order valence-electron chi connectivity index (χ4n) is 4.69. The molecular formula is C29H28N4O4. The van der Waals surface area contributed by atoms with E-state index in [9.17, 15) is 9.59 Å². The molecule has 2 amide bonds. The molecule has 8 heteroatoms. The molecule has 1 aliphatic heterocycles. The average Bonchev–Trinajstić information content (AvgIpc) is 3.38. The minimum absolute atomic E-state index is 0.307. The largest absolute Gasteiger partial charge is 0.467 e. The van der Waals surface area contributed by atoms with E-state index in [2.05, 4.69) is 21.8 Å². The monoisotopic (exact) mass is 496 g/mol. The van der Waals surface area contributed by atoms with E-state index >= 15 is 0 Å². The number of ether oxygens (including phenoxy) is 1. The standard InChI is InChI=1S/C29H28N4O4/c1-19(24-10-6-8-21-7-4-5-9-25(21)24)31-29(35)33-16-15-32(18-26(33)28(34)36-3)23-13-11-22(12-14-23)27-17-30-20(2)37-27/h4-14,17,26H,1,15-16,18H2,2-3H3,(H,31,35). The number of esters is 1. The second-order valence-corrected chi connectivity index (χ2v) is 8.90. The highest BCUT2D eigenvalue weighted by Crippen LogP contribution is 2.27. The molecule has 8 nitrogen and oxygen atoms in total. The summed E-state index contributed by atoms with van der Waals surface area (Å²) in [6.45, 7) is 7.11. The summed E-state index contributed by atoms with van der Waals surface area (Å²) in [6, 6.07) is 20.5. The summed E-state index contributed by atoms with van der Waals surface area (Å²) in [5.74, 6) is 0.839. The number of benzene rings is 3. The van der Waals surface area contributed by atoms with Crippen LogP contribution in [-0.4, -0.2) is 54.7 Å². The van der Waals surface area contributed by atoms with Gasteiger partial charge in [0.25, 0.3) is 0 Å². The number of nitrogens with zero attached hydrogens (tertiary/aromatic N) is 3. The fraction of sp³-hybridized carbons (Fsp3) is 0.207. The van der Waals surface area contributed by atoms with Crippen LogP contribution in [0.25, 0.3) is 27.8 Å². The van der Waals surface area contributed by atoms with Crippen LogP contribution in [0.15, 0.2) is 83.9 Å². The summed E-state index contributed by atoms with van der Waals surface area (Å²) in [5, 5.41) is 4.95. The molecule has 1 N–H and O–H groups in total. The maximum Gasteiger partial charge on any atom is 0.330 e. The summed E-state index contributed by atoms with van der Waals surface area (Å²) in [4.78, 5) is 33.8. The van der Waals surface area contributed by atoms with Crippen molar-refractivity contribution in [2.45, 2.75) is 13.0 Å². The summed E-state index contributed by atoms with van der Waals surface area (Å²) >= 11 is 0. The summed E-state index contributed by atoms with van der Waals surface area (Å²) < 4.78 is 10.7. The Balaban J connectivity index is 1.31. The number of urea groups is 1. The molecule has 0 aliphatic carbocycles. The van der Waals surface area contributed by atoms with Crippen LogP contribution in [0.1, 0.15) is 11.5 Å². The predicted molar refractivity (Wildman–Crippen MR) is 143 cm³/mol. The van der Waals surface area contributed by atoms with Gasteiger partial charge in [-0.2, -0.15) is 0 Å². The average molecular weight is 497 g/mol. The topological polar surface area (TPSA) is 87.9 Å². The molecule has 4 aromatic rings. The van der Waals surface area contributed by atoms with Gasteiger partial charge in [-0.3, -0.25) is 0 Å². The van der Waals surface area contributed by atoms with Crippen molar-refractivity contribution >= 4 is 34.2 Å². The number of rotatable bonds is 5. The van der Waals surface area contributed by atoms with E-state index in [1.807, 2.05) is 66.7 Å². The van der Waals surface area contributed by atoms with Crippen LogP contribution in [-0.2, 0) is 9.53 Å². The van der Waals surface area contributed by atoms with Gasteiger partial charge in [0, 0.05) is 49.1 Å². The Morgan fingerprint density at radius 1 is 1.05 bits per heavy atom. The molecule has 0 bridgehead atoms. The zero-order valence-electron chi connectivity index (χ0n) is 20.8. The van der Waals surface area contributed by atoms with Crippen LogP contribution in [0.2, 0.25) is 0 Å². The second-order valence-electron chi connectivity index (χ2n) is 8.90. The number of nitrogens with one attached hydrogen (secondary N) is 1. The van der Waals surface area contributed by atoms with E-state index in [1.165, 1.54) is 12.0 Å². The molecule has 5 rings (SSSR count). The van der Waals surface area contributed by atoms with Gasteiger partial charge in [-0.15, -0.1) is 0 Å². The lowest BCUT2D eigenvalue weighted by atomic mass is 10.0. The number of anilines is 1. The number of carbonyl (C=O) groups excluding carboxylic acids is 2. The third kappa shape index (κ3) is 4.91. The third-order valence-electron chi connectivity index (χ3n) is 6.63. The Morgan fingerprint density at radius 2 is 1.81 bits per heavy atom. The van der Waals surface area contributed by atoms with Crippen molar-refractivity contribution in [2.75, 3.05) is 31.6 Å². The minimum atomic E-state index is -0.768. The molecule has 1 saturated heterocycles. The molecule has 1 atom stereocenters. The molecule has 0 radical (unpaired) electrons. The van der Waals surface area contributed by atoms with Gasteiger partial charge in [0.1, 0.15) is 6.04 Å². The Bertz CT molecular complexity index is 1460. The molecular weight excluding hydrogens is 468 g/mol. The van der Waals surface area contributed by atoms with E-state index in [0.29, 0.717) is 37.0 Å². The predicted octanol–water partition coefficient (Wildman–Crippen LogP) is 4.85. The lowest BCUT2D eigenvalue weighted by Crippen LogP contribution is -2.60. The number of methoxy groups -OCH3 is 1. The molecule has 0 saturated carbocycles. The van der Waals surface area contributed by atoms with Gasteiger partial charge < -0.3 is 24.3 Å². The van der Waals surface area contributed by atoms with E-state index in [-0.39, 0.29) is 6.03 Å². The van der Waals surface area contributed by atoms with Gasteiger partial charge in [-0.05, 0) is 35.0 Å². The number of aromatic nitrogens is 1. The summed E-state index contributed by atoms with van der Waals surface area (Å²) in [7, 11) is 1.33. The van der Waals surface area contributed by atoms with E-state index in [0.717, 1.165) is 27.6 Å². The normalized spacial score (nSPS) is 15.5. The van der Waals surface area contributed by atoms with Crippen LogP contribution >= 0.6 is 0 Å². The van der Waals surface area contributed by atoms with E-state index in [4.69, 9.17) is 9.15 Å². The molecule has 188 valence electrons. The van der Waals surface area contributed by atoms with Gasteiger partial charge >= 0.3 is 12.0 Å². The van der Waals surface area contributed by atoms with Crippen LogP contribution < -0.4 is 10.2 Å². The minimum Gasteiger partial charge on any atom is -0.467 e. The van der Waals surface area contributed by atoms with Gasteiger partial charge in [0.05, 0.1) is 13.3 Å². The first kappa shape index (κ1) is 24.1. The first-order valence-corrected chi connectivity index (χ1v) is 12.0. The number of oxazole rings is 1. The van der Waals surface area contributed by atoms with Crippen LogP contribution in [0, 0.1) is 6.92 Å². The van der Waals surface area contributed by atoms with E-state index < -0.39 is 12.0 Å². The first-order chi connectivity index (χ1) is 17.9. The molecule has 0 spiro atoms. The number of amides is 2. The number of carbonyl (C=O) groups is 2. The zero-order valence-corrected chi connectivity index (χ0v) is 20.8. The summed E-state index contributed by atoms with van der Waals surface area (Å²) in [5.41, 5.74) is 3.17. The Kier molecular flexibility index (Phi) is 6.64. The van der Waals surface area contributed by atoms with Crippen LogP contribution in [0.4, 0.5) is 10.5 Å². The number of fused-ring (bicyclic) bond motifs is 1. The Morgan fingerprint density at radius 3 is 2.54 bits per heavy atom. The lowest BCUT2D eigenvalue weighted by Gasteiger charge is -2.40. The Hall–Kier alpha value is -4.59. The fourth-order valence-corrected chi connectivity index (χ4v) is 4.69. The molecule has 1 unspecified atom stereocenters. The maximum absolute atomic E-state index is 13.3. The van der Waals surface area contributed by atoms with Crippen molar-refractivity contribution in [1.29, 1.82) is 0 Å². The van der Waals surface area contributed by atoms with Crippen molar-refractivity contribution < 1.29 is 18.7 Å². The quantitative estimate of drug-likeness (QED) is 0.398. The van der Waals surface area contributed by atoms with Crippen molar-refractivity contribution in [2.24, 2.45) is 0 Å². The lowest BCUT2D eigenvalue weighted by molar-refractivity contribution is -0.146. The molecule has 1 aliphatic rings. The molecule has 1 aromatic heterocycles. The zero-order chi connectivity index (χ0) is 25.9. The molecule has 2 heterocycles. The number of hydrogen-bond acceptors (Lipinski definition) is 6. The van der Waals surface area contributed by atoms with Crippen molar-refractivity contribution in [3.8, 4) is 11.3 Å². The number of piperazine rings is 1. The molecule has 1 fully saturated rings. The third-order valence-corrected chi connectivity index (χ3v) is 6.63. The first-order valence-electron chi connectivity index (χ1n) is 12.0. The van der Waals surface area contributed by atoms with Crippen molar-refractivity contribution in [3.63, 3.8) is 0 Å². The van der Waals surface area contributed by atoms with Gasteiger partial charge in [0.15, 0.2) is 11.7 Å². The highest BCUT2D eigenvalue weighted by Gasteiger charge is 2.36. The molecule has 3 aromatic carbocycles. The van der Waals surface area contributed by atoms with Crippen LogP contribution in [0.3, 0.4) is 0 Å². The number of aryl methyl sites for hydroxylation is 1. The second kappa shape index (κ2) is 10.2. The highest BCUT2D eigenvalue weighted by atomic mass is 16.5. The highest BCUT2D eigenvalue weighted by molar-refractivity contribution is 5.97.